The van der Waals surface area contributed by atoms with Crippen LogP contribution in [0.3, 0.4) is 0 Å². The van der Waals surface area contributed by atoms with E-state index in [4.69, 9.17) is 14.6 Å². The number of benzene rings is 3. The molecule has 0 radical (unpaired) electrons. The molecule has 1 heterocycles. The van der Waals surface area contributed by atoms with E-state index in [1.165, 1.54) is 5.56 Å². The zero-order valence-electron chi connectivity index (χ0n) is 17.9. The Bertz CT molecular complexity index is 1110. The van der Waals surface area contributed by atoms with Crippen molar-refractivity contribution in [1.29, 1.82) is 0 Å². The number of aryl methyl sites for hydroxylation is 1. The molecule has 164 valence electrons. The summed E-state index contributed by atoms with van der Waals surface area (Å²) in [5, 5.41) is 9.09. The van der Waals surface area contributed by atoms with Gasteiger partial charge in [0.15, 0.2) is 6.10 Å². The summed E-state index contributed by atoms with van der Waals surface area (Å²) in [6.45, 7) is 2.72. The second-order valence-electron chi connectivity index (χ2n) is 7.80. The quantitative estimate of drug-likeness (QED) is 0.573. The average molecular weight is 431 g/mol. The van der Waals surface area contributed by atoms with Crippen LogP contribution >= 0.6 is 0 Å². The van der Waals surface area contributed by atoms with Gasteiger partial charge in [0.1, 0.15) is 11.5 Å². The maximum Gasteiger partial charge on any atom is 0.307 e. The number of carbonyl (C=O) groups excluding carboxylic acids is 1. The zero-order valence-corrected chi connectivity index (χ0v) is 17.9. The van der Waals surface area contributed by atoms with Crippen LogP contribution in [-0.4, -0.2) is 29.7 Å². The monoisotopic (exact) mass is 431 g/mol. The van der Waals surface area contributed by atoms with Gasteiger partial charge in [-0.05, 0) is 30.7 Å². The Morgan fingerprint density at radius 2 is 1.75 bits per heavy atom. The number of nitrogens with zero attached hydrogens (tertiary/aromatic N) is 1. The van der Waals surface area contributed by atoms with Crippen LogP contribution in [0.15, 0.2) is 72.8 Å². The fraction of sp³-hybridized carbons (Fsp3) is 0.231. The molecular weight excluding hydrogens is 406 g/mol. The van der Waals surface area contributed by atoms with E-state index in [1.807, 2.05) is 55.5 Å². The van der Waals surface area contributed by atoms with Crippen LogP contribution in [0, 0.1) is 6.92 Å². The number of rotatable bonds is 8. The number of fused-ring (bicyclic) bond motifs is 1. The van der Waals surface area contributed by atoms with Crippen molar-refractivity contribution in [2.45, 2.75) is 32.4 Å². The van der Waals surface area contributed by atoms with Gasteiger partial charge < -0.3 is 19.5 Å². The Morgan fingerprint density at radius 3 is 2.53 bits per heavy atom. The molecule has 1 amide bonds. The van der Waals surface area contributed by atoms with Gasteiger partial charge in [0.05, 0.1) is 25.3 Å². The number of amides is 1. The van der Waals surface area contributed by atoms with Crippen molar-refractivity contribution in [2.24, 2.45) is 0 Å². The number of carboxylic acids is 1. The summed E-state index contributed by atoms with van der Waals surface area (Å²) in [5.41, 5.74) is 3.56. The van der Waals surface area contributed by atoms with Gasteiger partial charge in [-0.25, -0.2) is 0 Å². The molecule has 0 spiro atoms. The van der Waals surface area contributed by atoms with Crippen molar-refractivity contribution in [3.63, 3.8) is 0 Å². The van der Waals surface area contributed by atoms with Crippen LogP contribution in [0.4, 0.5) is 5.69 Å². The lowest BCUT2D eigenvalue weighted by Crippen LogP contribution is -2.46. The molecule has 6 nitrogen and oxygen atoms in total. The normalized spacial score (nSPS) is 15.1. The lowest BCUT2D eigenvalue weighted by Gasteiger charge is -2.34. The SMILES string of the molecule is Cc1ccc(CN2C(=O)C(CCOc3ccccc3CC(=O)O)Oc3ccccc32)cc1. The molecule has 3 aromatic carbocycles. The van der Waals surface area contributed by atoms with Gasteiger partial charge in [0.25, 0.3) is 5.91 Å². The molecule has 1 N–H and O–H groups in total. The number of anilines is 1. The smallest absolute Gasteiger partial charge is 0.307 e. The average Bonchev–Trinajstić information content (AvgIpc) is 2.78. The lowest BCUT2D eigenvalue weighted by atomic mass is 10.1. The number of ether oxygens (including phenoxy) is 2. The molecule has 32 heavy (non-hydrogen) atoms. The van der Waals surface area contributed by atoms with E-state index in [0.717, 1.165) is 11.3 Å². The fourth-order valence-corrected chi connectivity index (χ4v) is 3.73. The van der Waals surface area contributed by atoms with Crippen molar-refractivity contribution in [2.75, 3.05) is 11.5 Å². The number of hydrogen-bond donors (Lipinski definition) is 1. The molecule has 0 saturated heterocycles. The maximum absolute atomic E-state index is 13.3. The second-order valence-corrected chi connectivity index (χ2v) is 7.80. The number of aliphatic carboxylic acids is 1. The zero-order chi connectivity index (χ0) is 22.5. The van der Waals surface area contributed by atoms with Crippen LogP contribution in [0.5, 0.6) is 11.5 Å². The molecule has 4 rings (SSSR count). The highest BCUT2D eigenvalue weighted by Crippen LogP contribution is 2.35. The molecule has 1 aliphatic heterocycles. The minimum absolute atomic E-state index is 0.118. The van der Waals surface area contributed by atoms with Crippen LogP contribution in [0.1, 0.15) is 23.1 Å². The molecule has 0 saturated carbocycles. The summed E-state index contributed by atoms with van der Waals surface area (Å²) in [5.74, 6) is 0.132. The van der Waals surface area contributed by atoms with Crippen molar-refractivity contribution < 1.29 is 24.2 Å². The Balaban J connectivity index is 1.47. The summed E-state index contributed by atoms with van der Waals surface area (Å²) in [4.78, 5) is 26.1. The molecule has 1 atom stereocenters. The van der Waals surface area contributed by atoms with Crippen LogP contribution in [0.25, 0.3) is 0 Å². The van der Waals surface area contributed by atoms with Gasteiger partial charge in [-0.3, -0.25) is 9.59 Å². The largest absolute Gasteiger partial charge is 0.493 e. The second kappa shape index (κ2) is 9.56. The Labute approximate surface area is 187 Å². The van der Waals surface area contributed by atoms with E-state index in [1.54, 1.807) is 29.2 Å². The third-order valence-corrected chi connectivity index (χ3v) is 5.38. The minimum Gasteiger partial charge on any atom is -0.493 e. The molecule has 0 aliphatic carbocycles. The van der Waals surface area contributed by atoms with E-state index in [9.17, 15) is 9.59 Å². The molecule has 1 unspecified atom stereocenters. The number of carbonyl (C=O) groups is 2. The highest BCUT2D eigenvalue weighted by molar-refractivity contribution is 5.99. The lowest BCUT2D eigenvalue weighted by molar-refractivity contribution is -0.136. The molecular formula is C26H25NO5. The van der Waals surface area contributed by atoms with Gasteiger partial charge in [-0.1, -0.05) is 60.2 Å². The third-order valence-electron chi connectivity index (χ3n) is 5.38. The maximum atomic E-state index is 13.3. The topological polar surface area (TPSA) is 76.1 Å². The van der Waals surface area contributed by atoms with E-state index in [2.05, 4.69) is 0 Å². The third kappa shape index (κ3) is 4.91. The molecule has 0 fully saturated rings. The first-order chi connectivity index (χ1) is 15.5. The first-order valence-corrected chi connectivity index (χ1v) is 10.6. The van der Waals surface area contributed by atoms with Gasteiger partial charge in [-0.2, -0.15) is 0 Å². The van der Waals surface area contributed by atoms with Crippen molar-refractivity contribution in [3.8, 4) is 11.5 Å². The minimum atomic E-state index is -0.921. The predicted octanol–water partition coefficient (Wildman–Crippen LogP) is 4.39. The molecule has 0 aromatic heterocycles. The summed E-state index contributed by atoms with van der Waals surface area (Å²) in [6, 6.07) is 22.7. The van der Waals surface area contributed by atoms with Gasteiger partial charge >= 0.3 is 5.97 Å². The molecule has 1 aliphatic rings. The van der Waals surface area contributed by atoms with E-state index < -0.39 is 12.1 Å². The highest BCUT2D eigenvalue weighted by atomic mass is 16.5. The number of carboxylic acid groups (broad SMARTS) is 1. The summed E-state index contributed by atoms with van der Waals surface area (Å²) in [6.07, 6.45) is -0.451. The Morgan fingerprint density at radius 1 is 1.03 bits per heavy atom. The Kier molecular flexibility index (Phi) is 6.40. The fourth-order valence-electron chi connectivity index (χ4n) is 3.73. The first-order valence-electron chi connectivity index (χ1n) is 10.6. The van der Waals surface area contributed by atoms with Crippen LogP contribution in [0.2, 0.25) is 0 Å². The summed E-state index contributed by atoms with van der Waals surface area (Å²) < 4.78 is 11.8. The number of hydrogen-bond acceptors (Lipinski definition) is 4. The molecule has 6 heteroatoms. The van der Waals surface area contributed by atoms with Crippen molar-refractivity contribution >= 4 is 17.6 Å². The van der Waals surface area contributed by atoms with Gasteiger partial charge in [0, 0.05) is 12.0 Å². The van der Waals surface area contributed by atoms with Crippen molar-refractivity contribution in [3.05, 3.63) is 89.5 Å². The van der Waals surface area contributed by atoms with Crippen molar-refractivity contribution in [1.82, 2.24) is 0 Å². The Hall–Kier alpha value is -3.80. The van der Waals surface area contributed by atoms with Crippen LogP contribution in [-0.2, 0) is 22.6 Å². The summed E-state index contributed by atoms with van der Waals surface area (Å²) >= 11 is 0. The van der Waals surface area contributed by atoms with Gasteiger partial charge in [-0.15, -0.1) is 0 Å². The molecule has 3 aromatic rings. The van der Waals surface area contributed by atoms with E-state index in [-0.39, 0.29) is 18.9 Å². The standard InChI is InChI=1S/C26H25NO5/c1-18-10-12-19(13-11-18)17-27-21-7-3-5-9-23(21)32-24(26(27)30)14-15-31-22-8-4-2-6-20(22)16-25(28)29/h2-13,24H,14-17H2,1H3,(H,28,29). The molecule has 0 bridgehead atoms. The highest BCUT2D eigenvalue weighted by Gasteiger charge is 2.34. The van der Waals surface area contributed by atoms with Gasteiger partial charge in [0.2, 0.25) is 0 Å². The predicted molar refractivity (Wildman–Crippen MR) is 121 cm³/mol. The van der Waals surface area contributed by atoms with E-state index in [0.29, 0.717) is 30.0 Å². The number of para-hydroxylation sites is 3. The summed E-state index contributed by atoms with van der Waals surface area (Å²) in [7, 11) is 0. The first kappa shape index (κ1) is 21.4. The van der Waals surface area contributed by atoms with Crippen LogP contribution < -0.4 is 14.4 Å². The van der Waals surface area contributed by atoms with E-state index >= 15 is 0 Å².